The number of benzene rings is 2. The van der Waals surface area contributed by atoms with Crippen LogP contribution in [0.2, 0.25) is 0 Å². The molecule has 6 heteroatoms. The second-order valence-corrected chi connectivity index (χ2v) is 8.32. The molecular formula is C22H16BrNO4. The Balaban J connectivity index is 1.40. The summed E-state index contributed by atoms with van der Waals surface area (Å²) < 4.78 is 6.27. The molecule has 0 radical (unpaired) electrons. The number of rotatable bonds is 3. The summed E-state index contributed by atoms with van der Waals surface area (Å²) in [6.45, 7) is 0. The van der Waals surface area contributed by atoms with Gasteiger partial charge in [0.1, 0.15) is 5.75 Å². The molecule has 28 heavy (non-hydrogen) atoms. The highest BCUT2D eigenvalue weighted by Crippen LogP contribution is 2.53. The highest BCUT2D eigenvalue weighted by molar-refractivity contribution is 9.10. The average molecular weight is 438 g/mol. The van der Waals surface area contributed by atoms with Gasteiger partial charge in [-0.1, -0.05) is 34.1 Å². The summed E-state index contributed by atoms with van der Waals surface area (Å²) in [4.78, 5) is 39.6. The lowest BCUT2D eigenvalue weighted by molar-refractivity contribution is -0.123. The lowest BCUT2D eigenvalue weighted by Crippen LogP contribution is -2.33. The Morgan fingerprint density at radius 1 is 0.964 bits per heavy atom. The highest BCUT2D eigenvalue weighted by Gasteiger charge is 2.59. The number of ether oxygens (including phenoxy) is 1. The van der Waals surface area contributed by atoms with Gasteiger partial charge in [-0.3, -0.25) is 9.59 Å². The van der Waals surface area contributed by atoms with Gasteiger partial charge in [0.25, 0.3) is 0 Å². The maximum absolute atomic E-state index is 12.9. The van der Waals surface area contributed by atoms with E-state index in [0.29, 0.717) is 17.0 Å². The lowest BCUT2D eigenvalue weighted by Gasteiger charge is -2.18. The normalized spacial score (nSPS) is 27.4. The number of imide groups is 1. The van der Waals surface area contributed by atoms with Crippen molar-refractivity contribution in [1.29, 1.82) is 0 Å². The number of carbonyl (C=O) groups is 3. The Kier molecular flexibility index (Phi) is 3.98. The van der Waals surface area contributed by atoms with E-state index in [4.69, 9.17) is 4.74 Å². The Morgan fingerprint density at radius 2 is 1.61 bits per heavy atom. The van der Waals surface area contributed by atoms with Crippen LogP contribution < -0.4 is 9.64 Å². The number of fused-ring (bicyclic) bond motifs is 5. The van der Waals surface area contributed by atoms with E-state index in [1.54, 1.807) is 48.5 Å². The van der Waals surface area contributed by atoms with Gasteiger partial charge in [0.15, 0.2) is 0 Å². The summed E-state index contributed by atoms with van der Waals surface area (Å²) in [5.41, 5.74) is 0.716. The Morgan fingerprint density at radius 3 is 2.25 bits per heavy atom. The maximum atomic E-state index is 12.9. The minimum Gasteiger partial charge on any atom is -0.423 e. The number of hydrogen-bond donors (Lipinski definition) is 0. The van der Waals surface area contributed by atoms with E-state index in [1.807, 2.05) is 0 Å². The molecule has 2 aromatic rings. The molecular weight excluding hydrogens is 422 g/mol. The van der Waals surface area contributed by atoms with E-state index in [9.17, 15) is 14.4 Å². The van der Waals surface area contributed by atoms with E-state index >= 15 is 0 Å². The van der Waals surface area contributed by atoms with Gasteiger partial charge < -0.3 is 4.74 Å². The van der Waals surface area contributed by atoms with Crippen molar-refractivity contribution in [2.24, 2.45) is 23.7 Å². The van der Waals surface area contributed by atoms with Gasteiger partial charge >= 0.3 is 5.97 Å². The molecule has 0 aromatic heterocycles. The zero-order chi connectivity index (χ0) is 19.4. The van der Waals surface area contributed by atoms with Gasteiger partial charge in [0, 0.05) is 4.47 Å². The van der Waals surface area contributed by atoms with Crippen molar-refractivity contribution in [3.63, 3.8) is 0 Å². The van der Waals surface area contributed by atoms with Crippen LogP contribution >= 0.6 is 15.9 Å². The number of nitrogens with zero attached hydrogens (tertiary/aromatic N) is 1. The lowest BCUT2D eigenvalue weighted by atomic mass is 9.85. The molecule has 2 bridgehead atoms. The number of carbonyl (C=O) groups excluding carboxylic acids is 3. The second kappa shape index (κ2) is 6.41. The van der Waals surface area contributed by atoms with E-state index in [2.05, 4.69) is 28.1 Å². The molecule has 4 unspecified atom stereocenters. The number of amides is 2. The summed E-state index contributed by atoms with van der Waals surface area (Å²) >= 11 is 3.33. The van der Waals surface area contributed by atoms with Crippen LogP contribution in [0.1, 0.15) is 16.8 Å². The SMILES string of the molecule is O=C(Oc1ccc(Br)cc1)c1cccc(N2C(=O)C3C4C=CC(C4)C3C2=O)c1. The fourth-order valence-electron chi connectivity index (χ4n) is 4.60. The van der Waals surface area contributed by atoms with Crippen LogP contribution in [-0.4, -0.2) is 17.8 Å². The number of halogens is 1. The fourth-order valence-corrected chi connectivity index (χ4v) is 4.86. The molecule has 1 aliphatic heterocycles. The zero-order valence-corrected chi connectivity index (χ0v) is 16.3. The molecule has 1 heterocycles. The third kappa shape index (κ3) is 2.63. The number of anilines is 1. The van der Waals surface area contributed by atoms with Crippen LogP contribution in [0.25, 0.3) is 0 Å². The second-order valence-electron chi connectivity index (χ2n) is 7.41. The molecule has 4 atom stereocenters. The monoisotopic (exact) mass is 437 g/mol. The molecule has 0 N–H and O–H groups in total. The number of allylic oxidation sites excluding steroid dienone is 2. The van der Waals surface area contributed by atoms with Crippen LogP contribution in [0, 0.1) is 23.7 Å². The Bertz CT molecular complexity index is 999. The Labute approximate surface area is 170 Å². The first kappa shape index (κ1) is 17.4. The number of hydrogen-bond acceptors (Lipinski definition) is 4. The quantitative estimate of drug-likeness (QED) is 0.315. The summed E-state index contributed by atoms with van der Waals surface area (Å²) in [6, 6.07) is 13.4. The highest BCUT2D eigenvalue weighted by atomic mass is 79.9. The first-order chi connectivity index (χ1) is 13.5. The molecule has 140 valence electrons. The van der Waals surface area contributed by atoms with Crippen LogP contribution in [0.4, 0.5) is 5.69 Å². The minimum atomic E-state index is -0.537. The van der Waals surface area contributed by atoms with Gasteiger partial charge in [0.05, 0.1) is 23.1 Å². The van der Waals surface area contributed by atoms with Crippen LogP contribution in [0.3, 0.4) is 0 Å². The third-order valence-electron chi connectivity index (χ3n) is 5.83. The summed E-state index contributed by atoms with van der Waals surface area (Å²) in [7, 11) is 0. The molecule has 5 rings (SSSR count). The molecule has 2 amide bonds. The maximum Gasteiger partial charge on any atom is 0.343 e. The third-order valence-corrected chi connectivity index (χ3v) is 6.36. The predicted molar refractivity (Wildman–Crippen MR) is 106 cm³/mol. The molecule has 5 nitrogen and oxygen atoms in total. The van der Waals surface area contributed by atoms with Gasteiger partial charge in [-0.05, 0) is 60.7 Å². The van der Waals surface area contributed by atoms with Crippen molar-refractivity contribution in [3.8, 4) is 5.75 Å². The van der Waals surface area contributed by atoms with Crippen LogP contribution in [0.5, 0.6) is 5.75 Å². The minimum absolute atomic E-state index is 0.155. The van der Waals surface area contributed by atoms with E-state index in [-0.39, 0.29) is 35.5 Å². The first-order valence-electron chi connectivity index (χ1n) is 9.17. The van der Waals surface area contributed by atoms with Crippen molar-refractivity contribution in [2.45, 2.75) is 6.42 Å². The molecule has 2 aliphatic carbocycles. The molecule has 1 saturated carbocycles. The van der Waals surface area contributed by atoms with Crippen molar-refractivity contribution in [1.82, 2.24) is 0 Å². The largest absolute Gasteiger partial charge is 0.423 e. The van der Waals surface area contributed by atoms with E-state index in [0.717, 1.165) is 10.9 Å². The van der Waals surface area contributed by atoms with Gasteiger partial charge in [-0.2, -0.15) is 0 Å². The van der Waals surface area contributed by atoms with Crippen molar-refractivity contribution >= 4 is 39.4 Å². The molecule has 2 fully saturated rings. The molecule has 0 spiro atoms. The summed E-state index contributed by atoms with van der Waals surface area (Å²) in [6.07, 6.45) is 5.01. The van der Waals surface area contributed by atoms with Crippen LogP contribution in [0.15, 0.2) is 65.2 Å². The first-order valence-corrected chi connectivity index (χ1v) is 9.96. The van der Waals surface area contributed by atoms with Gasteiger partial charge in [0.2, 0.25) is 11.8 Å². The smallest absolute Gasteiger partial charge is 0.343 e. The fraction of sp³-hybridized carbons (Fsp3) is 0.227. The van der Waals surface area contributed by atoms with E-state index < -0.39 is 5.97 Å². The molecule has 3 aliphatic rings. The molecule has 2 aromatic carbocycles. The summed E-state index contributed by atoms with van der Waals surface area (Å²) in [5.74, 6) is -0.657. The number of esters is 1. The van der Waals surface area contributed by atoms with Crippen molar-refractivity contribution in [3.05, 3.63) is 70.7 Å². The van der Waals surface area contributed by atoms with Gasteiger partial charge in [-0.15, -0.1) is 0 Å². The topological polar surface area (TPSA) is 63.7 Å². The Hall–Kier alpha value is -2.73. The van der Waals surface area contributed by atoms with Crippen LogP contribution in [-0.2, 0) is 9.59 Å². The molecule has 1 saturated heterocycles. The standard InChI is InChI=1S/C22H16BrNO4/c23-15-6-8-17(9-7-15)28-22(27)14-2-1-3-16(11-14)24-20(25)18-12-4-5-13(10-12)19(18)21(24)26/h1-9,11-13,18-19H,10H2. The summed E-state index contributed by atoms with van der Waals surface area (Å²) in [5, 5.41) is 0. The van der Waals surface area contributed by atoms with Gasteiger partial charge in [-0.25, -0.2) is 9.69 Å². The van der Waals surface area contributed by atoms with Crippen molar-refractivity contribution in [2.75, 3.05) is 4.90 Å². The zero-order valence-electron chi connectivity index (χ0n) is 14.7. The predicted octanol–water partition coefficient (Wildman–Crippen LogP) is 3.98. The average Bonchev–Trinajstić information content (AvgIpc) is 3.37. The van der Waals surface area contributed by atoms with Crippen molar-refractivity contribution < 1.29 is 19.1 Å². The van der Waals surface area contributed by atoms with E-state index in [1.165, 1.54) is 4.90 Å².